The average Bonchev–Trinajstić information content (AvgIpc) is 1.99. The minimum absolute atomic E-state index is 0. The van der Waals surface area contributed by atoms with E-state index in [1.807, 2.05) is 12.2 Å². The van der Waals surface area contributed by atoms with Crippen LogP contribution in [0.25, 0.3) is 0 Å². The molecule has 0 fully saturated rings. The van der Waals surface area contributed by atoms with E-state index in [0.29, 0.717) is 0 Å². The summed E-state index contributed by atoms with van der Waals surface area (Å²) in [7, 11) is 0. The van der Waals surface area contributed by atoms with Crippen molar-refractivity contribution in [3.63, 3.8) is 0 Å². The van der Waals surface area contributed by atoms with Gasteiger partial charge in [-0.15, -0.1) is 12.4 Å². The molecule has 0 bridgehead atoms. The highest BCUT2D eigenvalue weighted by molar-refractivity contribution is 5.85. The van der Waals surface area contributed by atoms with E-state index >= 15 is 0 Å². The minimum atomic E-state index is -0.122. The van der Waals surface area contributed by atoms with Gasteiger partial charge in [-0.1, -0.05) is 18.2 Å². The molecule has 0 saturated carbocycles. The summed E-state index contributed by atoms with van der Waals surface area (Å²) in [5.74, 6) is -0.122. The Morgan fingerprint density at radius 2 is 2.20 bits per heavy atom. The molecule has 0 radical (unpaired) electrons. The Labute approximate surface area is 66.5 Å². The second kappa shape index (κ2) is 4.29. The van der Waals surface area contributed by atoms with E-state index < -0.39 is 0 Å². The number of hydrogen-bond acceptors (Lipinski definition) is 0. The van der Waals surface area contributed by atoms with Crippen LogP contribution in [0.2, 0.25) is 0 Å². The monoisotopic (exact) mass is 160 g/mol. The predicted molar refractivity (Wildman–Crippen MR) is 44.0 cm³/mol. The van der Waals surface area contributed by atoms with Crippen molar-refractivity contribution in [3.05, 3.63) is 35.7 Å². The lowest BCUT2D eigenvalue weighted by Crippen LogP contribution is -1.72. The molecular weight excluding hydrogens is 151 g/mol. The van der Waals surface area contributed by atoms with Crippen molar-refractivity contribution in [1.82, 2.24) is 0 Å². The highest BCUT2D eigenvalue weighted by atomic mass is 35.5. The molecule has 0 aromatic carbocycles. The Bertz CT molecular complexity index is 189. The van der Waals surface area contributed by atoms with Gasteiger partial charge in [0.2, 0.25) is 0 Å². The highest BCUT2D eigenvalue weighted by Gasteiger charge is 1.96. The van der Waals surface area contributed by atoms with Gasteiger partial charge in [0.05, 0.1) is 0 Å². The second-order valence-corrected chi connectivity index (χ2v) is 2.07. The molecule has 2 heteroatoms. The largest absolute Gasteiger partial charge is 0.207 e. The third-order valence-corrected chi connectivity index (χ3v) is 1.32. The van der Waals surface area contributed by atoms with Gasteiger partial charge in [-0.05, 0) is 25.0 Å². The predicted octanol–water partition coefficient (Wildman–Crippen LogP) is 3.17. The Hall–Kier alpha value is -0.560. The molecule has 0 N–H and O–H groups in total. The lowest BCUT2D eigenvalue weighted by molar-refractivity contribution is 0.651. The molecule has 1 rings (SSSR count). The van der Waals surface area contributed by atoms with Crippen LogP contribution in [0.4, 0.5) is 4.39 Å². The van der Waals surface area contributed by atoms with Crippen LogP contribution in [0.3, 0.4) is 0 Å². The van der Waals surface area contributed by atoms with E-state index in [9.17, 15) is 4.39 Å². The maximum atomic E-state index is 12.6. The van der Waals surface area contributed by atoms with Crippen molar-refractivity contribution in [2.24, 2.45) is 0 Å². The molecule has 0 heterocycles. The lowest BCUT2D eigenvalue weighted by atomic mass is 10.2. The van der Waals surface area contributed by atoms with Crippen LogP contribution in [-0.4, -0.2) is 0 Å². The van der Waals surface area contributed by atoms with Crippen LogP contribution in [0, 0.1) is 0 Å². The Kier molecular flexibility index (Phi) is 4.05. The molecule has 0 aliphatic heterocycles. The number of hydrogen-bond donors (Lipinski definition) is 0. The van der Waals surface area contributed by atoms with E-state index in [1.54, 1.807) is 13.0 Å². The van der Waals surface area contributed by atoms with Gasteiger partial charge in [0, 0.05) is 0 Å². The van der Waals surface area contributed by atoms with Crippen molar-refractivity contribution >= 4 is 12.4 Å². The summed E-state index contributed by atoms with van der Waals surface area (Å²) in [4.78, 5) is 0. The summed E-state index contributed by atoms with van der Waals surface area (Å²) in [5.41, 5.74) is 0.736. The summed E-state index contributed by atoms with van der Waals surface area (Å²) < 4.78 is 12.6. The zero-order valence-corrected chi connectivity index (χ0v) is 6.62. The molecule has 0 amide bonds. The normalized spacial score (nSPS) is 16.6. The molecule has 56 valence electrons. The van der Waals surface area contributed by atoms with Gasteiger partial charge < -0.3 is 0 Å². The SMILES string of the molecule is CC1=CCC=CC=C1F.Cl. The molecule has 0 atom stereocenters. The lowest BCUT2D eigenvalue weighted by Gasteiger charge is -1.90. The van der Waals surface area contributed by atoms with Crippen molar-refractivity contribution in [3.8, 4) is 0 Å². The molecule has 1 aliphatic rings. The number of rotatable bonds is 0. The summed E-state index contributed by atoms with van der Waals surface area (Å²) in [5, 5.41) is 0. The maximum absolute atomic E-state index is 12.6. The summed E-state index contributed by atoms with van der Waals surface area (Å²) in [6, 6.07) is 0. The van der Waals surface area contributed by atoms with Crippen LogP contribution in [0.5, 0.6) is 0 Å². The third-order valence-electron chi connectivity index (χ3n) is 1.32. The van der Waals surface area contributed by atoms with Crippen LogP contribution >= 0.6 is 12.4 Å². The summed E-state index contributed by atoms with van der Waals surface area (Å²) in [6.07, 6.45) is 7.86. The van der Waals surface area contributed by atoms with Crippen LogP contribution < -0.4 is 0 Å². The second-order valence-electron chi connectivity index (χ2n) is 2.07. The first-order valence-electron chi connectivity index (χ1n) is 3.00. The van der Waals surface area contributed by atoms with Crippen molar-refractivity contribution in [2.75, 3.05) is 0 Å². The van der Waals surface area contributed by atoms with Gasteiger partial charge in [-0.25, -0.2) is 4.39 Å². The minimum Gasteiger partial charge on any atom is -0.207 e. The van der Waals surface area contributed by atoms with Gasteiger partial charge in [-0.3, -0.25) is 0 Å². The molecule has 0 aromatic heterocycles. The summed E-state index contributed by atoms with van der Waals surface area (Å²) in [6.45, 7) is 1.78. The molecule has 0 spiro atoms. The molecule has 0 aromatic rings. The fourth-order valence-electron chi connectivity index (χ4n) is 0.705. The Morgan fingerprint density at radius 3 is 2.90 bits per heavy atom. The van der Waals surface area contributed by atoms with Gasteiger partial charge in [0.25, 0.3) is 0 Å². The van der Waals surface area contributed by atoms with Crippen molar-refractivity contribution in [2.45, 2.75) is 13.3 Å². The quantitative estimate of drug-likeness (QED) is 0.511. The molecular formula is C8H10ClF. The molecule has 0 saturated heterocycles. The summed E-state index contributed by atoms with van der Waals surface area (Å²) >= 11 is 0. The first kappa shape index (κ1) is 9.44. The zero-order chi connectivity index (χ0) is 6.69. The highest BCUT2D eigenvalue weighted by Crippen LogP contribution is 2.13. The Morgan fingerprint density at radius 1 is 1.50 bits per heavy atom. The Balaban J connectivity index is 0.000000810. The fourth-order valence-corrected chi connectivity index (χ4v) is 0.705. The molecule has 10 heavy (non-hydrogen) atoms. The van der Waals surface area contributed by atoms with Gasteiger partial charge >= 0.3 is 0 Å². The van der Waals surface area contributed by atoms with Gasteiger partial charge in [0.1, 0.15) is 5.83 Å². The van der Waals surface area contributed by atoms with Crippen LogP contribution in [0.15, 0.2) is 35.7 Å². The van der Waals surface area contributed by atoms with E-state index in [1.165, 1.54) is 6.08 Å². The topological polar surface area (TPSA) is 0 Å². The molecule has 0 unspecified atom stereocenters. The van der Waals surface area contributed by atoms with Crippen molar-refractivity contribution in [1.29, 1.82) is 0 Å². The van der Waals surface area contributed by atoms with E-state index in [4.69, 9.17) is 0 Å². The van der Waals surface area contributed by atoms with Crippen molar-refractivity contribution < 1.29 is 4.39 Å². The smallest absolute Gasteiger partial charge is 0.125 e. The van der Waals surface area contributed by atoms with Gasteiger partial charge in [0.15, 0.2) is 0 Å². The first-order chi connectivity index (χ1) is 4.30. The fraction of sp³-hybridized carbons (Fsp3) is 0.250. The third kappa shape index (κ3) is 2.36. The van der Waals surface area contributed by atoms with Crippen LogP contribution in [-0.2, 0) is 0 Å². The number of allylic oxidation sites excluding steroid dienone is 6. The van der Waals surface area contributed by atoms with E-state index in [2.05, 4.69) is 0 Å². The number of halogens is 2. The van der Waals surface area contributed by atoms with Gasteiger partial charge in [-0.2, -0.15) is 0 Å². The first-order valence-corrected chi connectivity index (χ1v) is 3.00. The standard InChI is InChI=1S/C8H9F.ClH/c1-7-5-3-2-4-6-8(7)9;/h2,4-6H,3H2,1H3;1H. The molecule has 1 aliphatic carbocycles. The van der Waals surface area contributed by atoms with E-state index in [0.717, 1.165) is 12.0 Å². The average molecular weight is 161 g/mol. The maximum Gasteiger partial charge on any atom is 0.125 e. The van der Waals surface area contributed by atoms with Crippen LogP contribution in [0.1, 0.15) is 13.3 Å². The zero-order valence-electron chi connectivity index (χ0n) is 5.80. The molecule has 0 nitrogen and oxygen atoms in total. The van der Waals surface area contributed by atoms with E-state index in [-0.39, 0.29) is 18.2 Å².